The van der Waals surface area contributed by atoms with E-state index < -0.39 is 18.0 Å². The van der Waals surface area contributed by atoms with Crippen LogP contribution in [-0.2, 0) is 14.4 Å². The van der Waals surface area contributed by atoms with Crippen LogP contribution in [-0.4, -0.2) is 85.4 Å². The van der Waals surface area contributed by atoms with Crippen LogP contribution in [0.25, 0.3) is 0 Å². The van der Waals surface area contributed by atoms with E-state index in [2.05, 4.69) is 18.7 Å². The third kappa shape index (κ3) is 3.23. The van der Waals surface area contributed by atoms with E-state index in [1.165, 1.54) is 16.7 Å². The molecular formula is C22H33N3O5S. The van der Waals surface area contributed by atoms with Gasteiger partial charge in [0.2, 0.25) is 11.8 Å². The Morgan fingerprint density at radius 3 is 2.65 bits per heavy atom. The van der Waals surface area contributed by atoms with Gasteiger partial charge in [-0.05, 0) is 33.1 Å². The van der Waals surface area contributed by atoms with Gasteiger partial charge in [0, 0.05) is 29.7 Å². The van der Waals surface area contributed by atoms with Gasteiger partial charge in [-0.3, -0.25) is 14.5 Å². The van der Waals surface area contributed by atoms with Gasteiger partial charge in [-0.1, -0.05) is 20.3 Å². The standard InChI is InChI=1S/C22H33N3O5S/c1-5-8-22(4)23-9-6-7-14(23)19(27)24(22)10-11-31-18-12(2)16-15(13(3)26)20(28)25(16)17(18)21(29)30/h12-16,26H,5-11H2,1-4H3,(H,29,30)/t12-,13-,14-,15-,16-,22?/m1/s1. The monoisotopic (exact) mass is 451 g/mol. The van der Waals surface area contributed by atoms with Crippen LogP contribution >= 0.6 is 11.8 Å². The predicted molar refractivity (Wildman–Crippen MR) is 117 cm³/mol. The lowest BCUT2D eigenvalue weighted by Crippen LogP contribution is -2.63. The molecule has 9 heteroatoms. The molecule has 6 atom stereocenters. The molecule has 31 heavy (non-hydrogen) atoms. The van der Waals surface area contributed by atoms with Crippen LogP contribution in [0.1, 0.15) is 53.4 Å². The van der Waals surface area contributed by atoms with Crippen molar-refractivity contribution in [2.75, 3.05) is 18.8 Å². The van der Waals surface area contributed by atoms with Gasteiger partial charge in [0.15, 0.2) is 0 Å². The first kappa shape index (κ1) is 22.6. The Bertz CT molecular complexity index is 830. The van der Waals surface area contributed by atoms with Gasteiger partial charge in [-0.15, -0.1) is 11.8 Å². The van der Waals surface area contributed by atoms with E-state index in [0.29, 0.717) is 17.2 Å². The molecule has 8 nitrogen and oxygen atoms in total. The van der Waals surface area contributed by atoms with Gasteiger partial charge in [-0.2, -0.15) is 0 Å². The molecule has 0 aromatic rings. The van der Waals surface area contributed by atoms with E-state index in [-0.39, 0.29) is 41.2 Å². The van der Waals surface area contributed by atoms with Crippen LogP contribution in [0.2, 0.25) is 0 Å². The summed E-state index contributed by atoms with van der Waals surface area (Å²) in [6.45, 7) is 9.29. The summed E-state index contributed by atoms with van der Waals surface area (Å²) in [4.78, 5) is 43.9. The van der Waals surface area contributed by atoms with Crippen molar-refractivity contribution >= 4 is 29.5 Å². The molecule has 0 aliphatic carbocycles. The van der Waals surface area contributed by atoms with Crippen LogP contribution in [0, 0.1) is 11.8 Å². The molecular weight excluding hydrogens is 418 g/mol. The predicted octanol–water partition coefficient (Wildman–Crippen LogP) is 1.70. The molecule has 1 unspecified atom stereocenters. The molecule has 3 saturated heterocycles. The van der Waals surface area contributed by atoms with Crippen LogP contribution in [0.4, 0.5) is 0 Å². The third-order valence-corrected chi connectivity index (χ3v) is 8.87. The number of aliphatic hydroxyl groups excluding tert-OH is 1. The highest BCUT2D eigenvalue weighted by Crippen LogP contribution is 2.50. The van der Waals surface area contributed by atoms with Crippen molar-refractivity contribution in [1.82, 2.24) is 14.7 Å². The highest BCUT2D eigenvalue weighted by atomic mass is 32.2. The summed E-state index contributed by atoms with van der Waals surface area (Å²) in [6, 6.07) is -0.322. The van der Waals surface area contributed by atoms with Crippen molar-refractivity contribution < 1.29 is 24.6 Å². The van der Waals surface area contributed by atoms with Gasteiger partial charge in [0.05, 0.1) is 29.8 Å². The summed E-state index contributed by atoms with van der Waals surface area (Å²) in [5.41, 5.74) is -0.233. The van der Waals surface area contributed by atoms with E-state index in [0.717, 1.165) is 32.2 Å². The van der Waals surface area contributed by atoms with Crippen molar-refractivity contribution in [2.24, 2.45) is 11.8 Å². The Labute approximate surface area is 187 Å². The number of hydrogen-bond donors (Lipinski definition) is 2. The van der Waals surface area contributed by atoms with E-state index >= 15 is 0 Å². The second kappa shape index (κ2) is 8.08. The molecule has 172 valence electrons. The Kier molecular flexibility index (Phi) is 5.89. The number of carbonyl (C=O) groups is 3. The number of β-lactam (4-membered cyclic amide) rings is 1. The molecule has 0 spiro atoms. The maximum atomic E-state index is 13.1. The lowest BCUT2D eigenvalue weighted by molar-refractivity contribution is -0.163. The van der Waals surface area contributed by atoms with Crippen molar-refractivity contribution in [3.63, 3.8) is 0 Å². The topological polar surface area (TPSA) is 101 Å². The molecule has 2 amide bonds. The van der Waals surface area contributed by atoms with Gasteiger partial charge in [0.25, 0.3) is 0 Å². The SMILES string of the molecule is CCCC1(C)N(CCSC2=C(C(=O)O)N3C(=O)[C@H]([C@@H](C)O)[C@H]3[C@H]2C)C(=O)[C@H]2CCCN21. The first-order valence-corrected chi connectivity index (χ1v) is 12.3. The smallest absolute Gasteiger partial charge is 0.353 e. The number of carboxylic acids is 1. The van der Waals surface area contributed by atoms with Gasteiger partial charge in [-0.25, -0.2) is 4.79 Å². The van der Waals surface area contributed by atoms with E-state index in [4.69, 9.17) is 0 Å². The fourth-order valence-electron chi connectivity index (χ4n) is 6.24. The van der Waals surface area contributed by atoms with Crippen LogP contribution < -0.4 is 0 Å². The maximum absolute atomic E-state index is 13.1. The number of aliphatic carboxylic acids is 1. The minimum atomic E-state index is -1.11. The molecule has 0 radical (unpaired) electrons. The Morgan fingerprint density at radius 2 is 2.03 bits per heavy atom. The van der Waals surface area contributed by atoms with Crippen molar-refractivity contribution in [3.05, 3.63) is 10.6 Å². The molecule has 0 saturated carbocycles. The summed E-state index contributed by atoms with van der Waals surface area (Å²) in [6.07, 6.45) is 3.06. The number of amides is 2. The number of rotatable bonds is 8. The summed E-state index contributed by atoms with van der Waals surface area (Å²) < 4.78 is 0. The Morgan fingerprint density at radius 1 is 1.32 bits per heavy atom. The molecule has 4 heterocycles. The quantitative estimate of drug-likeness (QED) is 0.542. The highest BCUT2D eigenvalue weighted by molar-refractivity contribution is 8.03. The second-order valence-corrected chi connectivity index (χ2v) is 10.6. The minimum absolute atomic E-state index is 0.0212. The molecule has 0 aromatic carbocycles. The molecule has 4 aliphatic heterocycles. The molecule has 0 bridgehead atoms. The number of carbonyl (C=O) groups excluding carboxylic acids is 2. The summed E-state index contributed by atoms with van der Waals surface area (Å²) in [7, 11) is 0. The molecule has 2 N–H and O–H groups in total. The van der Waals surface area contributed by atoms with E-state index in [1.54, 1.807) is 6.92 Å². The highest BCUT2D eigenvalue weighted by Gasteiger charge is 2.60. The maximum Gasteiger partial charge on any atom is 0.353 e. The summed E-state index contributed by atoms with van der Waals surface area (Å²) in [5.74, 6) is -1.35. The van der Waals surface area contributed by atoms with Gasteiger partial charge < -0.3 is 20.0 Å². The molecule has 3 fully saturated rings. The number of carboxylic acid groups (broad SMARTS) is 1. The number of hydrogen-bond acceptors (Lipinski definition) is 6. The normalized spacial score (nSPS) is 36.2. The second-order valence-electron chi connectivity index (χ2n) is 9.43. The Balaban J connectivity index is 1.49. The number of thioether (sulfide) groups is 1. The third-order valence-electron chi connectivity index (χ3n) is 7.61. The molecule has 4 rings (SSSR count). The summed E-state index contributed by atoms with van der Waals surface area (Å²) >= 11 is 1.44. The average molecular weight is 452 g/mol. The van der Waals surface area contributed by atoms with Crippen LogP contribution in [0.3, 0.4) is 0 Å². The summed E-state index contributed by atoms with van der Waals surface area (Å²) in [5, 5.41) is 19.8. The Hall–Kier alpha value is -1.58. The fraction of sp³-hybridized carbons (Fsp3) is 0.773. The lowest BCUT2D eigenvalue weighted by Gasteiger charge is -2.46. The average Bonchev–Trinajstić information content (AvgIpc) is 3.32. The largest absolute Gasteiger partial charge is 0.477 e. The fourth-order valence-corrected chi connectivity index (χ4v) is 7.46. The van der Waals surface area contributed by atoms with Gasteiger partial charge >= 0.3 is 5.97 Å². The number of aliphatic hydroxyl groups is 1. The zero-order chi connectivity index (χ0) is 22.7. The number of nitrogens with zero attached hydrogens (tertiary/aromatic N) is 3. The van der Waals surface area contributed by atoms with Crippen LogP contribution in [0.15, 0.2) is 10.6 Å². The zero-order valence-electron chi connectivity index (χ0n) is 18.7. The first-order valence-electron chi connectivity index (χ1n) is 11.3. The van der Waals surface area contributed by atoms with E-state index in [1.807, 2.05) is 11.8 Å². The number of fused-ring (bicyclic) bond motifs is 2. The first-order chi connectivity index (χ1) is 14.6. The van der Waals surface area contributed by atoms with E-state index in [9.17, 15) is 24.6 Å². The lowest BCUT2D eigenvalue weighted by atomic mass is 9.79. The van der Waals surface area contributed by atoms with Gasteiger partial charge in [0.1, 0.15) is 5.70 Å². The minimum Gasteiger partial charge on any atom is -0.477 e. The van der Waals surface area contributed by atoms with Crippen molar-refractivity contribution in [3.8, 4) is 0 Å². The molecule has 4 aliphatic rings. The zero-order valence-corrected chi connectivity index (χ0v) is 19.5. The molecule has 0 aromatic heterocycles. The van der Waals surface area contributed by atoms with Crippen LogP contribution in [0.5, 0.6) is 0 Å². The van der Waals surface area contributed by atoms with Crippen molar-refractivity contribution in [2.45, 2.75) is 77.2 Å². The van der Waals surface area contributed by atoms with Crippen molar-refractivity contribution in [1.29, 1.82) is 0 Å².